The summed E-state index contributed by atoms with van der Waals surface area (Å²) in [4.78, 5) is 11.5. The highest BCUT2D eigenvalue weighted by atomic mass is 127. The molecule has 0 atom stereocenters. The van der Waals surface area contributed by atoms with Gasteiger partial charge in [-0.15, -0.1) is 11.3 Å². The van der Waals surface area contributed by atoms with Gasteiger partial charge in [-0.1, -0.05) is 13.8 Å². The summed E-state index contributed by atoms with van der Waals surface area (Å²) in [5, 5.41) is 4.80. The van der Waals surface area contributed by atoms with E-state index >= 15 is 0 Å². The van der Waals surface area contributed by atoms with Gasteiger partial charge in [0.1, 0.15) is 0 Å². The molecule has 1 aromatic rings. The normalized spacial score (nSPS) is 10.6. The molecule has 0 aliphatic heterocycles. The summed E-state index contributed by atoms with van der Waals surface area (Å²) in [7, 11) is 0. The highest BCUT2D eigenvalue weighted by Crippen LogP contribution is 2.16. The molecule has 4 heteroatoms. The molecule has 1 N–H and O–H groups in total. The third-order valence-electron chi connectivity index (χ3n) is 1.84. The summed E-state index contributed by atoms with van der Waals surface area (Å²) in [6.07, 6.45) is 1.03. The Hall–Kier alpha value is -0.100. The molecule has 0 fully saturated rings. The summed E-state index contributed by atoms with van der Waals surface area (Å²) in [5.74, 6) is 0.683. The van der Waals surface area contributed by atoms with Crippen LogP contribution in [0.4, 0.5) is 0 Å². The van der Waals surface area contributed by atoms with Crippen molar-refractivity contribution in [1.29, 1.82) is 0 Å². The van der Waals surface area contributed by atoms with Gasteiger partial charge in [0, 0.05) is 11.9 Å². The Morgan fingerprint density at radius 1 is 1.64 bits per heavy atom. The van der Waals surface area contributed by atoms with Gasteiger partial charge in [0.2, 0.25) is 0 Å². The number of hydrogen-bond acceptors (Lipinski definition) is 2. The molecule has 0 bridgehead atoms. The van der Waals surface area contributed by atoms with E-state index in [0.29, 0.717) is 5.92 Å². The predicted octanol–water partition coefficient (Wildman–Crippen LogP) is 3.13. The number of rotatable bonds is 4. The first-order chi connectivity index (χ1) is 6.59. The summed E-state index contributed by atoms with van der Waals surface area (Å²) in [6.45, 7) is 5.07. The van der Waals surface area contributed by atoms with Crippen LogP contribution in [0.5, 0.6) is 0 Å². The molecule has 2 nitrogen and oxygen atoms in total. The van der Waals surface area contributed by atoms with Crippen LogP contribution < -0.4 is 5.32 Å². The van der Waals surface area contributed by atoms with Gasteiger partial charge in [-0.2, -0.15) is 0 Å². The van der Waals surface area contributed by atoms with E-state index in [-0.39, 0.29) is 5.91 Å². The van der Waals surface area contributed by atoms with Crippen molar-refractivity contribution in [3.8, 4) is 0 Å². The maximum atomic E-state index is 11.5. The molecule has 0 aliphatic carbocycles. The summed E-state index contributed by atoms with van der Waals surface area (Å²) >= 11 is 3.82. The second kappa shape index (κ2) is 5.70. The second-order valence-corrected chi connectivity index (χ2v) is 6.38. The van der Waals surface area contributed by atoms with Crippen LogP contribution in [-0.2, 0) is 0 Å². The highest BCUT2D eigenvalue weighted by Gasteiger charge is 2.06. The molecule has 1 amide bonds. The van der Waals surface area contributed by atoms with E-state index in [9.17, 15) is 4.79 Å². The van der Waals surface area contributed by atoms with Crippen molar-refractivity contribution in [2.45, 2.75) is 20.3 Å². The molecule has 1 rings (SSSR count). The van der Waals surface area contributed by atoms with Crippen LogP contribution in [0.2, 0.25) is 0 Å². The van der Waals surface area contributed by atoms with Gasteiger partial charge >= 0.3 is 0 Å². The Bertz CT molecular complexity index is 309. The minimum Gasteiger partial charge on any atom is -0.352 e. The standard InChI is InChI=1S/C10H14INOS/c1-7(2)3-4-12-10(13)8-5-9(11)14-6-8/h5-7H,3-4H2,1-2H3,(H,12,13). The van der Waals surface area contributed by atoms with Crippen LogP contribution in [0.25, 0.3) is 0 Å². The number of amides is 1. The number of halogens is 1. The van der Waals surface area contributed by atoms with Gasteiger partial charge in [0.15, 0.2) is 0 Å². The van der Waals surface area contributed by atoms with E-state index in [1.54, 1.807) is 11.3 Å². The smallest absolute Gasteiger partial charge is 0.252 e. The minimum absolute atomic E-state index is 0.0461. The zero-order chi connectivity index (χ0) is 10.6. The van der Waals surface area contributed by atoms with Gasteiger partial charge in [0.05, 0.1) is 8.45 Å². The number of hydrogen-bond donors (Lipinski definition) is 1. The van der Waals surface area contributed by atoms with Crippen molar-refractivity contribution in [3.05, 3.63) is 19.9 Å². The molecule has 78 valence electrons. The molecular weight excluding hydrogens is 309 g/mol. The Kier molecular flexibility index (Phi) is 4.88. The van der Waals surface area contributed by atoms with E-state index in [4.69, 9.17) is 0 Å². The highest BCUT2D eigenvalue weighted by molar-refractivity contribution is 14.1. The Morgan fingerprint density at radius 2 is 2.36 bits per heavy atom. The van der Waals surface area contributed by atoms with Crippen LogP contribution >= 0.6 is 33.9 Å². The van der Waals surface area contributed by atoms with Gasteiger partial charge in [-0.05, 0) is 41.0 Å². The molecule has 0 radical (unpaired) electrons. The maximum Gasteiger partial charge on any atom is 0.252 e. The average molecular weight is 323 g/mol. The van der Waals surface area contributed by atoms with E-state index in [1.165, 1.54) is 0 Å². The second-order valence-electron chi connectivity index (χ2n) is 3.58. The van der Waals surface area contributed by atoms with Crippen LogP contribution in [0.3, 0.4) is 0 Å². The van der Waals surface area contributed by atoms with Crippen molar-refractivity contribution in [1.82, 2.24) is 5.32 Å². The van der Waals surface area contributed by atoms with Gasteiger partial charge in [-0.3, -0.25) is 4.79 Å². The number of thiophene rings is 1. The fraction of sp³-hybridized carbons (Fsp3) is 0.500. The number of carbonyl (C=O) groups excluding carboxylic acids is 1. The topological polar surface area (TPSA) is 29.1 Å². The number of carbonyl (C=O) groups is 1. The fourth-order valence-electron chi connectivity index (χ4n) is 1.01. The minimum atomic E-state index is 0.0461. The Morgan fingerprint density at radius 3 is 2.86 bits per heavy atom. The number of nitrogens with one attached hydrogen (secondary N) is 1. The molecule has 0 unspecified atom stereocenters. The van der Waals surface area contributed by atoms with E-state index in [0.717, 1.165) is 21.4 Å². The van der Waals surface area contributed by atoms with Crippen LogP contribution in [0.1, 0.15) is 30.6 Å². The quantitative estimate of drug-likeness (QED) is 0.848. The lowest BCUT2D eigenvalue weighted by atomic mass is 10.1. The van der Waals surface area contributed by atoms with Crippen LogP contribution in [0.15, 0.2) is 11.4 Å². The average Bonchev–Trinajstić information content (AvgIpc) is 2.51. The first kappa shape index (κ1) is 12.0. The molecule has 0 aromatic carbocycles. The largest absolute Gasteiger partial charge is 0.352 e. The summed E-state index contributed by atoms with van der Waals surface area (Å²) in [5.41, 5.74) is 0.781. The van der Waals surface area contributed by atoms with Crippen molar-refractivity contribution in [3.63, 3.8) is 0 Å². The molecule has 1 heterocycles. The summed E-state index contributed by atoms with van der Waals surface area (Å²) < 4.78 is 1.15. The first-order valence-corrected chi connectivity index (χ1v) is 6.57. The van der Waals surface area contributed by atoms with Crippen molar-refractivity contribution >= 4 is 39.8 Å². The molecule has 1 aromatic heterocycles. The van der Waals surface area contributed by atoms with Crippen molar-refractivity contribution in [2.24, 2.45) is 5.92 Å². The Labute approximate surface area is 102 Å². The summed E-state index contributed by atoms with van der Waals surface area (Å²) in [6, 6.07) is 1.91. The molecule has 0 spiro atoms. The van der Waals surface area contributed by atoms with E-state index < -0.39 is 0 Å². The van der Waals surface area contributed by atoms with Gasteiger partial charge in [0.25, 0.3) is 5.91 Å². The monoisotopic (exact) mass is 323 g/mol. The lowest BCUT2D eigenvalue weighted by Crippen LogP contribution is -2.24. The first-order valence-electron chi connectivity index (χ1n) is 4.62. The van der Waals surface area contributed by atoms with Crippen molar-refractivity contribution < 1.29 is 4.79 Å². The lowest BCUT2D eigenvalue weighted by molar-refractivity contribution is 0.0952. The van der Waals surface area contributed by atoms with Gasteiger partial charge < -0.3 is 5.32 Å². The van der Waals surface area contributed by atoms with Gasteiger partial charge in [-0.25, -0.2) is 0 Å². The van der Waals surface area contributed by atoms with Crippen LogP contribution in [0, 0.1) is 8.80 Å². The molecule has 14 heavy (non-hydrogen) atoms. The maximum absolute atomic E-state index is 11.5. The molecule has 0 aliphatic rings. The molecular formula is C10H14INOS. The van der Waals surface area contributed by atoms with Crippen molar-refractivity contribution in [2.75, 3.05) is 6.54 Å². The SMILES string of the molecule is CC(C)CCNC(=O)c1csc(I)c1. The third kappa shape index (κ3) is 3.96. The fourth-order valence-corrected chi connectivity index (χ4v) is 2.33. The molecule has 0 saturated heterocycles. The van der Waals surface area contributed by atoms with E-state index in [1.807, 2.05) is 11.4 Å². The zero-order valence-corrected chi connectivity index (χ0v) is 11.3. The third-order valence-corrected chi connectivity index (χ3v) is 3.63. The predicted molar refractivity (Wildman–Crippen MR) is 68.8 cm³/mol. The van der Waals surface area contributed by atoms with E-state index in [2.05, 4.69) is 41.8 Å². The Balaban J connectivity index is 2.36. The molecule has 0 saturated carbocycles. The lowest BCUT2D eigenvalue weighted by Gasteiger charge is -2.05. The zero-order valence-electron chi connectivity index (χ0n) is 8.34. The van der Waals surface area contributed by atoms with Crippen LogP contribution in [-0.4, -0.2) is 12.5 Å².